The van der Waals surface area contributed by atoms with E-state index in [2.05, 4.69) is 30.1 Å². The molecule has 2 rings (SSSR count). The van der Waals surface area contributed by atoms with Crippen molar-refractivity contribution in [2.24, 2.45) is 0 Å². The largest absolute Gasteiger partial charge is 0.468 e. The fraction of sp³-hybridized carbons (Fsp3) is 0.692. The van der Waals surface area contributed by atoms with Crippen LogP contribution >= 0.6 is 0 Å². The normalized spacial score (nSPS) is 24.5. The van der Waals surface area contributed by atoms with Crippen molar-refractivity contribution in [2.45, 2.75) is 38.8 Å². The molecule has 0 bridgehead atoms. The highest BCUT2D eigenvalue weighted by molar-refractivity contribution is 5.04. The van der Waals surface area contributed by atoms with Crippen LogP contribution in [-0.4, -0.2) is 30.6 Å². The molecule has 0 aromatic carbocycles. The monoisotopic (exact) mass is 222 g/mol. The van der Waals surface area contributed by atoms with Crippen molar-refractivity contribution >= 4 is 0 Å². The van der Waals surface area contributed by atoms with Gasteiger partial charge in [-0.2, -0.15) is 0 Å². The van der Waals surface area contributed by atoms with E-state index in [4.69, 9.17) is 4.42 Å². The molecule has 2 atom stereocenters. The van der Waals surface area contributed by atoms with Crippen LogP contribution in [0.4, 0.5) is 0 Å². The van der Waals surface area contributed by atoms with Gasteiger partial charge in [-0.25, -0.2) is 0 Å². The molecule has 0 radical (unpaired) electrons. The van der Waals surface area contributed by atoms with E-state index in [1.54, 1.807) is 6.26 Å². The Labute approximate surface area is 97.8 Å². The average molecular weight is 222 g/mol. The molecule has 0 amide bonds. The zero-order valence-corrected chi connectivity index (χ0v) is 10.3. The van der Waals surface area contributed by atoms with Gasteiger partial charge in [-0.3, -0.25) is 4.90 Å². The number of likely N-dealkylation sites (tertiary alicyclic amines) is 1. The lowest BCUT2D eigenvalue weighted by Crippen LogP contribution is -2.46. The van der Waals surface area contributed by atoms with Crippen LogP contribution in [0.15, 0.2) is 22.8 Å². The Morgan fingerprint density at radius 2 is 2.50 bits per heavy atom. The summed E-state index contributed by atoms with van der Waals surface area (Å²) in [5.41, 5.74) is 0. The summed E-state index contributed by atoms with van der Waals surface area (Å²) in [4.78, 5) is 2.51. The number of piperidine rings is 1. The van der Waals surface area contributed by atoms with Crippen molar-refractivity contribution < 1.29 is 4.42 Å². The first-order valence-electron chi connectivity index (χ1n) is 6.32. The van der Waals surface area contributed by atoms with Gasteiger partial charge in [-0.1, -0.05) is 6.92 Å². The molecule has 90 valence electrons. The Morgan fingerprint density at radius 1 is 1.62 bits per heavy atom. The molecule has 1 aromatic heterocycles. The zero-order valence-electron chi connectivity index (χ0n) is 10.3. The van der Waals surface area contributed by atoms with Crippen LogP contribution in [0.1, 0.15) is 38.5 Å². The van der Waals surface area contributed by atoms with E-state index >= 15 is 0 Å². The molecule has 2 unspecified atom stereocenters. The van der Waals surface area contributed by atoms with Crippen LogP contribution in [0.3, 0.4) is 0 Å². The van der Waals surface area contributed by atoms with Gasteiger partial charge in [0.15, 0.2) is 0 Å². The van der Waals surface area contributed by atoms with E-state index in [0.29, 0.717) is 12.1 Å². The fourth-order valence-electron chi connectivity index (χ4n) is 2.52. The van der Waals surface area contributed by atoms with E-state index in [9.17, 15) is 0 Å². The SMILES string of the molecule is CCNC1CCCN(C(C)c2ccco2)C1. The van der Waals surface area contributed by atoms with Gasteiger partial charge in [0, 0.05) is 12.6 Å². The van der Waals surface area contributed by atoms with Gasteiger partial charge in [0.25, 0.3) is 0 Å². The number of rotatable bonds is 4. The van der Waals surface area contributed by atoms with Gasteiger partial charge in [0.2, 0.25) is 0 Å². The molecule has 1 saturated heterocycles. The second-order valence-corrected chi connectivity index (χ2v) is 4.58. The lowest BCUT2D eigenvalue weighted by Gasteiger charge is -2.36. The summed E-state index contributed by atoms with van der Waals surface area (Å²) >= 11 is 0. The molecule has 1 aliphatic rings. The van der Waals surface area contributed by atoms with Gasteiger partial charge in [-0.15, -0.1) is 0 Å². The molecule has 1 N–H and O–H groups in total. The quantitative estimate of drug-likeness (QED) is 0.848. The highest BCUT2D eigenvalue weighted by Gasteiger charge is 2.24. The predicted octanol–water partition coefficient (Wildman–Crippen LogP) is 2.41. The Kier molecular flexibility index (Phi) is 4.02. The number of nitrogens with zero attached hydrogens (tertiary/aromatic N) is 1. The van der Waals surface area contributed by atoms with E-state index in [1.165, 1.54) is 19.4 Å². The Hall–Kier alpha value is -0.800. The maximum atomic E-state index is 5.48. The van der Waals surface area contributed by atoms with Crippen molar-refractivity contribution in [3.63, 3.8) is 0 Å². The molecule has 1 aromatic rings. The Balaban J connectivity index is 1.93. The minimum atomic E-state index is 0.399. The maximum Gasteiger partial charge on any atom is 0.120 e. The fourth-order valence-corrected chi connectivity index (χ4v) is 2.52. The molecule has 0 spiro atoms. The summed E-state index contributed by atoms with van der Waals surface area (Å²) in [5.74, 6) is 1.08. The third kappa shape index (κ3) is 2.66. The van der Waals surface area contributed by atoms with Gasteiger partial charge in [0.1, 0.15) is 5.76 Å². The summed E-state index contributed by atoms with van der Waals surface area (Å²) in [7, 11) is 0. The Bertz CT molecular complexity index is 295. The molecule has 3 heteroatoms. The number of hydrogen-bond donors (Lipinski definition) is 1. The van der Waals surface area contributed by atoms with Crippen molar-refractivity contribution in [2.75, 3.05) is 19.6 Å². The summed E-state index contributed by atoms with van der Waals surface area (Å²) < 4.78 is 5.48. The number of hydrogen-bond acceptors (Lipinski definition) is 3. The number of nitrogens with one attached hydrogen (secondary N) is 1. The van der Waals surface area contributed by atoms with Crippen molar-refractivity contribution in [3.05, 3.63) is 24.2 Å². The second kappa shape index (κ2) is 5.51. The van der Waals surface area contributed by atoms with Crippen molar-refractivity contribution in [1.82, 2.24) is 10.2 Å². The van der Waals surface area contributed by atoms with Crippen molar-refractivity contribution in [3.8, 4) is 0 Å². The van der Waals surface area contributed by atoms with E-state index in [0.717, 1.165) is 18.8 Å². The lowest BCUT2D eigenvalue weighted by molar-refractivity contribution is 0.133. The first kappa shape index (κ1) is 11.7. The van der Waals surface area contributed by atoms with Gasteiger partial charge in [-0.05, 0) is 45.0 Å². The van der Waals surface area contributed by atoms with Crippen LogP contribution in [0.5, 0.6) is 0 Å². The second-order valence-electron chi connectivity index (χ2n) is 4.58. The molecule has 3 nitrogen and oxygen atoms in total. The number of furan rings is 1. The van der Waals surface area contributed by atoms with Crippen LogP contribution in [0, 0.1) is 0 Å². The highest BCUT2D eigenvalue weighted by atomic mass is 16.3. The third-order valence-electron chi connectivity index (χ3n) is 3.45. The molecule has 2 heterocycles. The standard InChI is InChI=1S/C13H22N2O/c1-3-14-12-6-4-8-15(10-12)11(2)13-7-5-9-16-13/h5,7,9,11-12,14H,3-4,6,8,10H2,1-2H3. The van der Waals surface area contributed by atoms with Crippen LogP contribution in [0.2, 0.25) is 0 Å². The number of likely N-dealkylation sites (N-methyl/N-ethyl adjacent to an activating group) is 1. The molecule has 0 aliphatic carbocycles. The van der Waals surface area contributed by atoms with E-state index < -0.39 is 0 Å². The van der Waals surface area contributed by atoms with E-state index in [-0.39, 0.29) is 0 Å². The molecule has 1 fully saturated rings. The Morgan fingerprint density at radius 3 is 3.19 bits per heavy atom. The smallest absolute Gasteiger partial charge is 0.120 e. The topological polar surface area (TPSA) is 28.4 Å². The first-order chi connectivity index (χ1) is 7.81. The molecule has 1 aliphatic heterocycles. The molecule has 16 heavy (non-hydrogen) atoms. The summed E-state index contributed by atoms with van der Waals surface area (Å²) in [5, 5.41) is 3.54. The van der Waals surface area contributed by atoms with E-state index in [1.807, 2.05) is 6.07 Å². The average Bonchev–Trinajstić information content (AvgIpc) is 2.82. The summed E-state index contributed by atoms with van der Waals surface area (Å²) in [6.07, 6.45) is 4.34. The van der Waals surface area contributed by atoms with Crippen LogP contribution in [0.25, 0.3) is 0 Å². The first-order valence-corrected chi connectivity index (χ1v) is 6.32. The lowest BCUT2D eigenvalue weighted by atomic mass is 10.0. The summed E-state index contributed by atoms with van der Waals surface area (Å²) in [6.45, 7) is 7.79. The van der Waals surface area contributed by atoms with Gasteiger partial charge in [0.05, 0.1) is 12.3 Å². The predicted molar refractivity (Wildman–Crippen MR) is 65.4 cm³/mol. The van der Waals surface area contributed by atoms with Crippen LogP contribution in [-0.2, 0) is 0 Å². The van der Waals surface area contributed by atoms with Crippen molar-refractivity contribution in [1.29, 1.82) is 0 Å². The third-order valence-corrected chi connectivity index (χ3v) is 3.45. The zero-order chi connectivity index (χ0) is 11.4. The summed E-state index contributed by atoms with van der Waals surface area (Å²) in [6, 6.07) is 5.09. The molecule has 0 saturated carbocycles. The minimum absolute atomic E-state index is 0.399. The molecular formula is C13H22N2O. The van der Waals surface area contributed by atoms with Gasteiger partial charge < -0.3 is 9.73 Å². The van der Waals surface area contributed by atoms with Gasteiger partial charge >= 0.3 is 0 Å². The maximum absolute atomic E-state index is 5.48. The van der Waals surface area contributed by atoms with Crippen LogP contribution < -0.4 is 5.32 Å². The molecular weight excluding hydrogens is 200 g/mol. The highest BCUT2D eigenvalue weighted by Crippen LogP contribution is 2.24. The minimum Gasteiger partial charge on any atom is -0.468 e.